The fourth-order valence-corrected chi connectivity index (χ4v) is 6.12. The first-order valence-corrected chi connectivity index (χ1v) is 12.6. The summed E-state index contributed by atoms with van der Waals surface area (Å²) in [4.78, 5) is 30.1. The van der Waals surface area contributed by atoms with Crippen LogP contribution in [0.25, 0.3) is 0 Å². The largest absolute Gasteiger partial charge is 0.492 e. The molecule has 2 aromatic carbocycles. The first-order chi connectivity index (χ1) is 16.8. The predicted molar refractivity (Wildman–Crippen MR) is 125 cm³/mol. The third-order valence-electron chi connectivity index (χ3n) is 6.19. The average Bonchev–Trinajstić information content (AvgIpc) is 3.44. The summed E-state index contributed by atoms with van der Waals surface area (Å²) in [6.45, 7) is 0.575. The summed E-state index contributed by atoms with van der Waals surface area (Å²) in [7, 11) is -3.92. The molecule has 1 unspecified atom stereocenters. The van der Waals surface area contributed by atoms with Gasteiger partial charge in [-0.1, -0.05) is 24.3 Å². The molecule has 0 N–H and O–H groups in total. The molecule has 0 saturated carbocycles. The fraction of sp³-hybridized carbons (Fsp3) is 0.240. The van der Waals surface area contributed by atoms with Gasteiger partial charge in [-0.25, -0.2) is 13.4 Å². The monoisotopic (exact) mass is 495 g/mol. The number of amides is 1. The molecular weight excluding hydrogens is 473 g/mol. The summed E-state index contributed by atoms with van der Waals surface area (Å²) in [6.07, 6.45) is 2.65. The number of anilines is 1. The number of hydrogen-bond donors (Lipinski definition) is 0. The molecule has 0 radical (unpaired) electrons. The molecule has 0 bridgehead atoms. The Kier molecular flexibility index (Phi) is 6.08. The van der Waals surface area contributed by atoms with Gasteiger partial charge in [0.05, 0.1) is 28.7 Å². The van der Waals surface area contributed by atoms with Crippen LogP contribution in [-0.2, 0) is 21.4 Å². The van der Waals surface area contributed by atoms with Crippen molar-refractivity contribution in [1.82, 2.24) is 9.29 Å². The Balaban J connectivity index is 1.38. The molecule has 1 saturated heterocycles. The minimum atomic E-state index is -3.92. The number of pyridine rings is 1. The van der Waals surface area contributed by atoms with Crippen molar-refractivity contribution in [2.75, 3.05) is 18.1 Å². The summed E-state index contributed by atoms with van der Waals surface area (Å²) in [6, 6.07) is 15.6. The lowest BCUT2D eigenvalue weighted by molar-refractivity contribution is -0.114. The van der Waals surface area contributed by atoms with Crippen LogP contribution in [0.15, 0.2) is 71.8 Å². The average molecular weight is 496 g/mol. The van der Waals surface area contributed by atoms with E-state index in [1.165, 1.54) is 45.7 Å². The van der Waals surface area contributed by atoms with E-state index in [9.17, 15) is 22.4 Å². The third-order valence-corrected chi connectivity index (χ3v) is 8.14. The van der Waals surface area contributed by atoms with E-state index in [1.54, 1.807) is 0 Å². The molecule has 3 aromatic rings. The SMILES string of the molecule is O=C1C(=O)N(Cc2ccc(F)nc2)c2ccc(S(=O)(=O)N3CCCC3COc3ccccc3)cc21. The molecule has 1 atom stereocenters. The molecule has 10 heteroatoms. The minimum absolute atomic E-state index is 0.0158. The van der Waals surface area contributed by atoms with Gasteiger partial charge in [-0.3, -0.25) is 9.59 Å². The third kappa shape index (κ3) is 4.42. The quantitative estimate of drug-likeness (QED) is 0.369. The number of halogens is 1. The lowest BCUT2D eigenvalue weighted by Crippen LogP contribution is -2.39. The number of hydrogen-bond acceptors (Lipinski definition) is 6. The van der Waals surface area contributed by atoms with E-state index in [0.717, 1.165) is 0 Å². The smallest absolute Gasteiger partial charge is 0.299 e. The van der Waals surface area contributed by atoms with Gasteiger partial charge < -0.3 is 9.64 Å². The summed E-state index contributed by atoms with van der Waals surface area (Å²) >= 11 is 0. The Hall–Kier alpha value is -3.63. The predicted octanol–water partition coefficient (Wildman–Crippen LogP) is 3.18. The van der Waals surface area contributed by atoms with Gasteiger partial charge in [-0.15, -0.1) is 0 Å². The maximum absolute atomic E-state index is 13.5. The van der Waals surface area contributed by atoms with Crippen molar-refractivity contribution in [2.45, 2.75) is 30.3 Å². The van der Waals surface area contributed by atoms with Crippen molar-refractivity contribution in [3.8, 4) is 5.75 Å². The fourth-order valence-electron chi connectivity index (χ4n) is 4.42. The van der Waals surface area contributed by atoms with Crippen LogP contribution in [0, 0.1) is 5.95 Å². The van der Waals surface area contributed by atoms with E-state index in [1.807, 2.05) is 30.3 Å². The van der Waals surface area contributed by atoms with Crippen molar-refractivity contribution in [3.05, 3.63) is 83.9 Å². The topological polar surface area (TPSA) is 96.9 Å². The minimum Gasteiger partial charge on any atom is -0.492 e. The molecule has 8 nitrogen and oxygen atoms in total. The molecule has 1 aromatic heterocycles. The Morgan fingerprint density at radius 3 is 2.60 bits per heavy atom. The molecular formula is C25H22FN3O5S. The number of nitrogens with zero attached hydrogens (tertiary/aromatic N) is 3. The van der Waals surface area contributed by atoms with Gasteiger partial charge in [0.2, 0.25) is 16.0 Å². The lowest BCUT2D eigenvalue weighted by Gasteiger charge is -2.24. The van der Waals surface area contributed by atoms with Crippen LogP contribution < -0.4 is 9.64 Å². The Labute approximate surface area is 202 Å². The number of ether oxygens (including phenoxy) is 1. The highest BCUT2D eigenvalue weighted by Crippen LogP contribution is 2.34. The molecule has 2 aliphatic rings. The van der Waals surface area contributed by atoms with Crippen LogP contribution in [-0.4, -0.2) is 48.6 Å². The Morgan fingerprint density at radius 1 is 1.06 bits per heavy atom. The molecule has 35 heavy (non-hydrogen) atoms. The van der Waals surface area contributed by atoms with Crippen molar-refractivity contribution in [1.29, 1.82) is 0 Å². The van der Waals surface area contributed by atoms with E-state index in [2.05, 4.69) is 4.98 Å². The van der Waals surface area contributed by atoms with E-state index in [4.69, 9.17) is 4.74 Å². The highest BCUT2D eigenvalue weighted by Gasteiger charge is 2.40. The molecule has 5 rings (SSSR count). The van der Waals surface area contributed by atoms with Gasteiger partial charge in [0.25, 0.3) is 11.7 Å². The van der Waals surface area contributed by atoms with Crippen LogP contribution >= 0.6 is 0 Å². The van der Waals surface area contributed by atoms with Crippen LogP contribution in [0.1, 0.15) is 28.8 Å². The second-order valence-electron chi connectivity index (χ2n) is 8.42. The summed E-state index contributed by atoms with van der Waals surface area (Å²) in [5, 5.41) is 0. The lowest BCUT2D eigenvalue weighted by atomic mass is 10.1. The maximum Gasteiger partial charge on any atom is 0.299 e. The normalized spacial score (nSPS) is 18.2. The van der Waals surface area contributed by atoms with Crippen LogP contribution in [0.4, 0.5) is 10.1 Å². The van der Waals surface area contributed by atoms with Gasteiger partial charge in [0, 0.05) is 12.7 Å². The van der Waals surface area contributed by atoms with Gasteiger partial charge in [0.1, 0.15) is 12.4 Å². The number of sulfonamides is 1. The highest BCUT2D eigenvalue weighted by atomic mass is 32.2. The van der Waals surface area contributed by atoms with E-state index < -0.39 is 27.7 Å². The number of para-hydroxylation sites is 1. The number of rotatable bonds is 7. The van der Waals surface area contributed by atoms with Gasteiger partial charge >= 0.3 is 0 Å². The standard InChI is InChI=1S/C25H22FN3O5S/c26-23-11-8-17(14-27-23)15-28-22-10-9-20(13-21(22)24(30)25(28)31)35(32,33)29-12-4-5-18(29)16-34-19-6-2-1-3-7-19/h1-3,6-11,13-14,18H,4-5,12,15-16H2. The van der Waals surface area contributed by atoms with Crippen molar-refractivity contribution >= 4 is 27.4 Å². The molecule has 2 aliphatic heterocycles. The van der Waals surface area contributed by atoms with Gasteiger partial charge in [-0.05, 0) is 54.8 Å². The maximum atomic E-state index is 13.5. The Morgan fingerprint density at radius 2 is 1.86 bits per heavy atom. The first-order valence-electron chi connectivity index (χ1n) is 11.1. The molecule has 1 fully saturated rings. The highest BCUT2D eigenvalue weighted by molar-refractivity contribution is 7.89. The number of carbonyl (C=O) groups is 2. The van der Waals surface area contributed by atoms with E-state index in [0.29, 0.717) is 36.4 Å². The van der Waals surface area contributed by atoms with Crippen molar-refractivity contribution < 1.29 is 27.1 Å². The number of fused-ring (bicyclic) bond motifs is 1. The van der Waals surface area contributed by atoms with E-state index >= 15 is 0 Å². The summed E-state index contributed by atoms with van der Waals surface area (Å²) in [5.74, 6) is -1.54. The zero-order chi connectivity index (χ0) is 24.6. The van der Waals surface area contributed by atoms with Gasteiger partial charge in [-0.2, -0.15) is 8.70 Å². The van der Waals surface area contributed by atoms with Crippen LogP contribution in [0.5, 0.6) is 5.75 Å². The number of benzene rings is 2. The second-order valence-corrected chi connectivity index (χ2v) is 10.3. The first kappa shape index (κ1) is 23.1. The molecule has 180 valence electrons. The van der Waals surface area contributed by atoms with Crippen LogP contribution in [0.2, 0.25) is 0 Å². The van der Waals surface area contributed by atoms with E-state index in [-0.39, 0.29) is 29.7 Å². The second kappa shape index (κ2) is 9.20. The zero-order valence-electron chi connectivity index (χ0n) is 18.6. The summed E-state index contributed by atoms with van der Waals surface area (Å²) < 4.78 is 47.2. The number of ketones is 1. The molecule has 1 amide bonds. The zero-order valence-corrected chi connectivity index (χ0v) is 19.4. The number of Topliss-reactive ketones (excluding diaryl/α,β-unsaturated/α-hetero) is 1. The molecule has 3 heterocycles. The van der Waals surface area contributed by atoms with Crippen LogP contribution in [0.3, 0.4) is 0 Å². The number of aromatic nitrogens is 1. The van der Waals surface area contributed by atoms with Gasteiger partial charge in [0.15, 0.2) is 0 Å². The van der Waals surface area contributed by atoms with Crippen molar-refractivity contribution in [2.24, 2.45) is 0 Å². The molecule has 0 spiro atoms. The summed E-state index contributed by atoms with van der Waals surface area (Å²) in [5.41, 5.74) is 0.881. The Bertz CT molecular complexity index is 1380. The number of carbonyl (C=O) groups excluding carboxylic acids is 2. The van der Waals surface area contributed by atoms with Crippen molar-refractivity contribution in [3.63, 3.8) is 0 Å². The molecule has 0 aliphatic carbocycles.